The molecule has 9 unspecified atom stereocenters. The van der Waals surface area contributed by atoms with E-state index < -0.39 is 64.3 Å². The molecule has 1 aliphatic heterocycles. The number of halogens is 3. The molecule has 3 aromatic rings. The van der Waals surface area contributed by atoms with Crippen LogP contribution in [0.5, 0.6) is 0 Å². The van der Waals surface area contributed by atoms with Gasteiger partial charge in [-0.2, -0.15) is 0 Å². The molecular formula is C84H130AlCl3O21Ti. The molecule has 620 valence electrons. The van der Waals surface area contributed by atoms with Crippen molar-refractivity contribution in [1.82, 2.24) is 0 Å². The van der Waals surface area contributed by atoms with Crippen molar-refractivity contribution >= 4 is 94.9 Å². The molecule has 4 fully saturated rings. The van der Waals surface area contributed by atoms with Gasteiger partial charge in [0.2, 0.25) is 0 Å². The molecule has 3 aromatic carbocycles. The van der Waals surface area contributed by atoms with Crippen LogP contribution in [0.2, 0.25) is 0 Å². The molecule has 0 aromatic heterocycles. The Hall–Kier alpha value is -4.63. The Balaban J connectivity index is 0.00000140. The van der Waals surface area contributed by atoms with Crippen LogP contribution >= 0.6 is 30.1 Å². The van der Waals surface area contributed by atoms with E-state index >= 15 is 0 Å². The summed E-state index contributed by atoms with van der Waals surface area (Å²) in [5.74, 6) is -2.34. The second kappa shape index (κ2) is 50.0. The van der Waals surface area contributed by atoms with Crippen LogP contribution < -0.4 is 0 Å². The number of ether oxygens (including phenoxy) is 3. The number of cyclic esters (lactones) is 2. The number of methoxy groups -OCH3 is 1. The Bertz CT molecular complexity index is 3430. The number of aryl methyl sites for hydroxylation is 3. The number of Topliss-reactive ketones (excluding diaryl/α,β-unsaturated/α-hetero) is 2. The maximum atomic E-state index is 13.2. The number of rotatable bonds is 15. The van der Waals surface area contributed by atoms with Crippen molar-refractivity contribution in [3.05, 3.63) is 104 Å². The molecule has 0 radical (unpaired) electrons. The summed E-state index contributed by atoms with van der Waals surface area (Å²) in [4.78, 5) is 106. The van der Waals surface area contributed by atoms with Gasteiger partial charge in [-0.3, -0.25) is 43.2 Å². The maximum absolute atomic E-state index is 13.2. The molecular weight excluding hydrogens is 1530 g/mol. The Morgan fingerprint density at radius 3 is 1.12 bits per heavy atom. The van der Waals surface area contributed by atoms with Gasteiger partial charge in [0.25, 0.3) is 0 Å². The van der Waals surface area contributed by atoms with E-state index in [0.717, 1.165) is 112 Å². The number of benzene rings is 3. The molecule has 0 amide bonds. The van der Waals surface area contributed by atoms with Crippen LogP contribution in [0.3, 0.4) is 0 Å². The van der Waals surface area contributed by atoms with Crippen LogP contribution in [-0.4, -0.2) is 158 Å². The minimum atomic E-state index is -1.72. The SMILES string of the molecule is CC(C)c1cc2c(cc1C(=O)CCC(=O)O)C1(C)CCCC(C)(C(=O)O)C1CC2.CC(C)c1ccc2c(c1)CCC1C(C)(C(=O)O)CCCC21C.CCO.CCO.CCO.CCO.CCOC(=O)CCC(=O)c1cc2c(cc1C(C)C)CCC1C(C)(C(=O)OC)CCCC21C.O=C1CCC(=O)O1.OCO.[Cl][Al]([Cl])[Cl].[Ti]. The van der Waals surface area contributed by atoms with Crippen molar-refractivity contribution in [1.29, 1.82) is 0 Å². The average Bonchev–Trinajstić information content (AvgIpc) is 0.754. The number of carboxylic acid groups (broad SMARTS) is 3. The molecule has 0 bridgehead atoms. The number of aliphatic carboxylic acids is 3. The Kier molecular flexibility index (Phi) is 47.9. The predicted octanol–water partition coefficient (Wildman–Crippen LogP) is 15.8. The topological polar surface area (TPSA) is 363 Å². The molecule has 7 aliphatic rings. The van der Waals surface area contributed by atoms with Crippen LogP contribution in [0.15, 0.2) is 42.5 Å². The molecule has 21 nitrogen and oxygen atoms in total. The van der Waals surface area contributed by atoms with Crippen molar-refractivity contribution in [2.75, 3.05) is 46.9 Å². The van der Waals surface area contributed by atoms with E-state index in [-0.39, 0.29) is 156 Å². The number of aliphatic hydroxyl groups is 6. The summed E-state index contributed by atoms with van der Waals surface area (Å²) in [7, 11) is 16.3. The van der Waals surface area contributed by atoms with E-state index in [2.05, 4.69) is 96.5 Å². The van der Waals surface area contributed by atoms with Crippen LogP contribution in [0.4, 0.5) is 0 Å². The van der Waals surface area contributed by atoms with Crippen LogP contribution in [0.1, 0.15) is 322 Å². The Morgan fingerprint density at radius 2 is 0.818 bits per heavy atom. The number of carbonyl (C=O) groups is 9. The van der Waals surface area contributed by atoms with Gasteiger partial charge in [-0.15, -0.1) is 0 Å². The third kappa shape index (κ3) is 28.4. The van der Waals surface area contributed by atoms with E-state index in [1.54, 1.807) is 34.6 Å². The zero-order valence-corrected chi connectivity index (χ0v) is 73.7. The first-order valence-electron chi connectivity index (χ1n) is 38.7. The minimum Gasteiger partial charge on any atom is -0.481 e. The summed E-state index contributed by atoms with van der Waals surface area (Å²) in [5, 5.41) is 73.3. The number of fused-ring (bicyclic) bond motifs is 9. The number of hydrogen-bond donors (Lipinski definition) is 9. The van der Waals surface area contributed by atoms with Crippen molar-refractivity contribution in [3.8, 4) is 0 Å². The molecule has 0 spiro atoms. The Morgan fingerprint density at radius 1 is 0.491 bits per heavy atom. The zero-order valence-electron chi connectivity index (χ0n) is 68.7. The van der Waals surface area contributed by atoms with Crippen molar-refractivity contribution in [2.45, 2.75) is 287 Å². The van der Waals surface area contributed by atoms with E-state index in [1.165, 1.54) is 40.5 Å². The first kappa shape index (κ1) is 105. The molecule has 26 heteroatoms. The average molecular weight is 1660 g/mol. The van der Waals surface area contributed by atoms with E-state index in [4.69, 9.17) is 75.4 Å². The van der Waals surface area contributed by atoms with Gasteiger partial charge in [-0.1, -0.05) is 112 Å². The van der Waals surface area contributed by atoms with Gasteiger partial charge >= 0.3 is 53.2 Å². The predicted molar refractivity (Wildman–Crippen MR) is 428 cm³/mol. The standard InChI is InChI=1S/C27H38O5.C24H32O5.C20H28O2.C4H4O3.4C2H6O.CH4O2.Al.3ClH.Ti/c1-7-32-24(29)12-10-22(28)20-16-21-18(15-19(20)17(2)3)9-11-23-26(21,4)13-8-14-27(23,5)25(30)31-6;1-14(2)16-12-15-6-8-20-23(3,10-5-11-24(20,4)22(28)29)18(15)13-17(16)19(25)7-9-21(26)27;1-13(2)14-6-8-16-15(12-14)7-9-17-19(16,3)10-5-11-20(17,4)18(21)22;5-3-1-2-4(6)7-3;4*1-2-3;2-1-3;;;;;/h15-17,23H,7-14H2,1-6H3;12-14,20H,5-11H2,1-4H3,(H,26,27)(H,28,29);6,8,12-13,17H,5,7,9-11H2,1-4H3,(H,21,22);1-2H2;4*3H,2H2,1H3;2-3H,1H2;;3*1H;/q;;;;;;;;;+3;;;;/p-3. The maximum Gasteiger partial charge on any atom is 0.643 e. The van der Waals surface area contributed by atoms with E-state index in [1.807, 2.05) is 33.8 Å². The molecule has 10 rings (SSSR count). The minimum absolute atomic E-state index is 0. The fraction of sp³-hybridized carbons (Fsp3) is 0.679. The van der Waals surface area contributed by atoms with Crippen LogP contribution in [0.25, 0.3) is 0 Å². The van der Waals surface area contributed by atoms with Crippen LogP contribution in [0, 0.1) is 34.0 Å². The quantitative estimate of drug-likeness (QED) is 0.0170. The molecule has 3 saturated carbocycles. The molecule has 9 atom stereocenters. The number of hydrogen-bond acceptors (Lipinski definition) is 18. The molecule has 1 saturated heterocycles. The Labute approximate surface area is 686 Å². The van der Waals surface area contributed by atoms with E-state index in [0.29, 0.717) is 24.5 Å². The third-order valence-electron chi connectivity index (χ3n) is 22.8. The number of aliphatic hydroxyl groups excluding tert-OH is 5. The third-order valence-corrected chi connectivity index (χ3v) is 22.8. The second-order valence-electron chi connectivity index (χ2n) is 31.1. The van der Waals surface area contributed by atoms with Gasteiger partial charge in [0.1, 0.15) is 6.79 Å². The number of esters is 4. The summed E-state index contributed by atoms with van der Waals surface area (Å²) in [6.07, 6.45) is 14.3. The van der Waals surface area contributed by atoms with Gasteiger partial charge in [0, 0.05) is 72.1 Å². The van der Waals surface area contributed by atoms with Crippen LogP contribution in [-0.2, 0) is 105 Å². The molecule has 1 heterocycles. The first-order chi connectivity index (χ1) is 51.0. The van der Waals surface area contributed by atoms with Gasteiger partial charge < -0.3 is 60.2 Å². The number of carbonyl (C=O) groups excluding carboxylic acids is 6. The van der Waals surface area contributed by atoms with Gasteiger partial charge in [0.05, 0.1) is 55.6 Å². The largest absolute Gasteiger partial charge is 0.643 e. The summed E-state index contributed by atoms with van der Waals surface area (Å²) >= 11 is -1.72. The van der Waals surface area contributed by atoms with Crippen molar-refractivity contribution in [2.24, 2.45) is 34.0 Å². The van der Waals surface area contributed by atoms with Gasteiger partial charge in [0.15, 0.2) is 11.6 Å². The van der Waals surface area contributed by atoms with Gasteiger partial charge in [-0.25, -0.2) is 30.1 Å². The van der Waals surface area contributed by atoms with E-state index in [9.17, 15) is 53.4 Å². The summed E-state index contributed by atoms with van der Waals surface area (Å²) in [6, 6.07) is 15.3. The monoisotopic (exact) mass is 1650 g/mol. The van der Waals surface area contributed by atoms with Gasteiger partial charge in [-0.05, 0) is 246 Å². The number of carboxylic acids is 3. The molecule has 9 N–H and O–H groups in total. The summed E-state index contributed by atoms with van der Waals surface area (Å²) < 4.78 is 14.3. The number of ketones is 2. The van der Waals surface area contributed by atoms with Crippen molar-refractivity contribution in [3.63, 3.8) is 0 Å². The zero-order chi connectivity index (χ0) is 83.8. The second-order valence-corrected chi connectivity index (χ2v) is 37.5. The summed E-state index contributed by atoms with van der Waals surface area (Å²) in [5.41, 5.74) is 10.2. The molecule has 110 heavy (non-hydrogen) atoms. The fourth-order valence-electron chi connectivity index (χ4n) is 17.7. The molecule has 6 aliphatic carbocycles. The fourth-order valence-corrected chi connectivity index (χ4v) is 17.7. The summed E-state index contributed by atoms with van der Waals surface area (Å²) in [6.45, 7) is 34.5. The normalized spacial score (nSPS) is 24.5. The van der Waals surface area contributed by atoms with Crippen molar-refractivity contribution < 1.29 is 125 Å². The first-order valence-corrected chi connectivity index (χ1v) is 44.0. The smallest absolute Gasteiger partial charge is 0.481 e.